The number of fused-ring (bicyclic) bond motifs is 2. The summed E-state index contributed by atoms with van der Waals surface area (Å²) in [6.07, 6.45) is 4.06. The third kappa shape index (κ3) is 3.41. The predicted molar refractivity (Wildman–Crippen MR) is 121 cm³/mol. The van der Waals surface area contributed by atoms with Crippen molar-refractivity contribution in [3.63, 3.8) is 0 Å². The Hall–Kier alpha value is -2.79. The number of aromatic nitrogens is 1. The van der Waals surface area contributed by atoms with E-state index >= 15 is 0 Å². The van der Waals surface area contributed by atoms with Crippen LogP contribution in [0.4, 0.5) is 0 Å². The van der Waals surface area contributed by atoms with Gasteiger partial charge in [0.1, 0.15) is 5.75 Å². The van der Waals surface area contributed by atoms with E-state index in [9.17, 15) is 9.90 Å². The van der Waals surface area contributed by atoms with Crippen LogP contribution in [0, 0.1) is 17.8 Å². The summed E-state index contributed by atoms with van der Waals surface area (Å²) >= 11 is 0. The van der Waals surface area contributed by atoms with E-state index in [1.807, 2.05) is 53.6 Å². The van der Waals surface area contributed by atoms with Crippen molar-refractivity contribution in [2.45, 2.75) is 31.8 Å². The molecule has 5 heteroatoms. The number of aromatic amines is 1. The first-order chi connectivity index (χ1) is 15.0. The number of carbonyl (C=O) groups excluding carboxylic acids is 1. The molecule has 2 N–H and O–H groups in total. The van der Waals surface area contributed by atoms with Crippen LogP contribution in [-0.2, 0) is 16.8 Å². The van der Waals surface area contributed by atoms with Gasteiger partial charge in [0.2, 0.25) is 5.91 Å². The van der Waals surface area contributed by atoms with Gasteiger partial charge in [0.25, 0.3) is 0 Å². The Morgan fingerprint density at radius 2 is 1.97 bits per heavy atom. The van der Waals surface area contributed by atoms with Crippen molar-refractivity contribution in [1.29, 1.82) is 0 Å². The Kier molecular flexibility index (Phi) is 5.01. The van der Waals surface area contributed by atoms with Crippen LogP contribution < -0.4 is 4.74 Å². The maximum atomic E-state index is 13.3. The predicted octanol–water partition coefficient (Wildman–Crippen LogP) is 4.11. The number of carbonyl (C=O) groups is 1. The summed E-state index contributed by atoms with van der Waals surface area (Å²) in [6.45, 7) is 3.51. The molecule has 0 bridgehead atoms. The Balaban J connectivity index is 1.40. The van der Waals surface area contributed by atoms with E-state index in [2.05, 4.69) is 18.0 Å². The summed E-state index contributed by atoms with van der Waals surface area (Å²) < 4.78 is 5.59. The first kappa shape index (κ1) is 20.1. The van der Waals surface area contributed by atoms with Crippen LogP contribution in [0.5, 0.6) is 5.75 Å². The lowest BCUT2D eigenvalue weighted by Crippen LogP contribution is -2.45. The number of likely N-dealkylation sites (tertiary alicyclic amines) is 1. The highest BCUT2D eigenvalue weighted by Crippen LogP contribution is 2.52. The second-order valence-corrected chi connectivity index (χ2v) is 9.37. The summed E-state index contributed by atoms with van der Waals surface area (Å²) in [5, 5.41) is 13.1. The minimum Gasteiger partial charge on any atom is -0.496 e. The van der Waals surface area contributed by atoms with Gasteiger partial charge in [0, 0.05) is 41.7 Å². The Labute approximate surface area is 183 Å². The molecule has 4 atom stereocenters. The van der Waals surface area contributed by atoms with Crippen LogP contribution in [0.25, 0.3) is 10.9 Å². The Bertz CT molecular complexity index is 1110. The number of benzene rings is 2. The molecule has 5 nitrogen and oxygen atoms in total. The van der Waals surface area contributed by atoms with Crippen LogP contribution in [0.15, 0.2) is 54.7 Å². The van der Waals surface area contributed by atoms with Gasteiger partial charge in [-0.2, -0.15) is 0 Å². The number of aliphatic hydroxyl groups is 1. The van der Waals surface area contributed by atoms with Crippen molar-refractivity contribution in [3.05, 3.63) is 65.9 Å². The zero-order valence-corrected chi connectivity index (χ0v) is 18.2. The van der Waals surface area contributed by atoms with E-state index < -0.39 is 5.60 Å². The summed E-state index contributed by atoms with van der Waals surface area (Å²) in [5.74, 6) is 1.56. The maximum Gasteiger partial charge on any atom is 0.227 e. The number of nitrogens with zero attached hydrogens (tertiary/aromatic N) is 1. The van der Waals surface area contributed by atoms with E-state index in [0.717, 1.165) is 34.2 Å². The van der Waals surface area contributed by atoms with E-state index in [1.165, 1.54) is 0 Å². The van der Waals surface area contributed by atoms with Gasteiger partial charge < -0.3 is 19.7 Å². The van der Waals surface area contributed by atoms with Crippen LogP contribution >= 0.6 is 0 Å². The number of rotatable bonds is 4. The van der Waals surface area contributed by atoms with E-state index in [0.29, 0.717) is 37.8 Å². The van der Waals surface area contributed by atoms with Crippen molar-refractivity contribution in [3.8, 4) is 5.75 Å². The Morgan fingerprint density at radius 3 is 2.81 bits per heavy atom. The van der Waals surface area contributed by atoms with Gasteiger partial charge in [-0.1, -0.05) is 43.3 Å². The quantitative estimate of drug-likeness (QED) is 0.670. The topological polar surface area (TPSA) is 65.6 Å². The molecule has 1 aliphatic carbocycles. The zero-order valence-electron chi connectivity index (χ0n) is 18.2. The first-order valence-electron chi connectivity index (χ1n) is 11.2. The first-order valence-corrected chi connectivity index (χ1v) is 11.2. The lowest BCUT2D eigenvalue weighted by Gasteiger charge is -2.44. The molecule has 4 unspecified atom stereocenters. The fraction of sp³-hybridized carbons (Fsp3) is 0.423. The molecule has 2 aliphatic rings. The van der Waals surface area contributed by atoms with E-state index in [1.54, 1.807) is 7.11 Å². The average molecular weight is 419 g/mol. The lowest BCUT2D eigenvalue weighted by molar-refractivity contribution is -0.130. The maximum absolute atomic E-state index is 13.3. The summed E-state index contributed by atoms with van der Waals surface area (Å²) in [7, 11) is 1.65. The smallest absolute Gasteiger partial charge is 0.227 e. The van der Waals surface area contributed by atoms with Gasteiger partial charge in [0.15, 0.2) is 0 Å². The standard InChI is InChI=1S/C26H30N2O3/c1-17-11-19-15-28(25(29)12-18-14-27-23-9-5-3-7-20(18)23)16-22(19)26(30,13-17)21-8-4-6-10-24(21)31-2/h3-10,14,17,19,22,27,30H,11-13,15-16H2,1-2H3. The minimum absolute atomic E-state index is 0.0203. The number of amides is 1. The molecular formula is C26H30N2O3. The van der Waals surface area contributed by atoms with Gasteiger partial charge in [-0.15, -0.1) is 0 Å². The van der Waals surface area contributed by atoms with Crippen molar-refractivity contribution >= 4 is 16.8 Å². The minimum atomic E-state index is -0.981. The van der Waals surface area contributed by atoms with Gasteiger partial charge in [-0.25, -0.2) is 0 Å². The van der Waals surface area contributed by atoms with Crippen molar-refractivity contribution in [2.24, 2.45) is 17.8 Å². The highest BCUT2D eigenvalue weighted by Gasteiger charge is 2.53. The SMILES string of the molecule is COc1ccccc1C1(O)CC(C)CC2CN(C(=O)Cc3c[nH]c4ccccc34)CC21. The normalized spacial score (nSPS) is 28.0. The molecule has 2 fully saturated rings. The molecule has 2 aromatic carbocycles. The number of ether oxygens (including phenoxy) is 1. The highest BCUT2D eigenvalue weighted by molar-refractivity contribution is 5.89. The van der Waals surface area contributed by atoms with Crippen LogP contribution in [0.3, 0.4) is 0 Å². The molecule has 0 radical (unpaired) electrons. The fourth-order valence-electron chi connectivity index (χ4n) is 6.00. The molecular weight excluding hydrogens is 388 g/mol. The number of hydrogen-bond acceptors (Lipinski definition) is 3. The summed E-state index contributed by atoms with van der Waals surface area (Å²) in [5.41, 5.74) is 1.96. The molecule has 1 aliphatic heterocycles. The molecule has 5 rings (SSSR count). The number of methoxy groups -OCH3 is 1. The van der Waals surface area contributed by atoms with E-state index in [4.69, 9.17) is 4.74 Å². The van der Waals surface area contributed by atoms with Crippen molar-refractivity contribution < 1.29 is 14.6 Å². The zero-order chi connectivity index (χ0) is 21.6. The fourth-order valence-corrected chi connectivity index (χ4v) is 6.00. The third-order valence-electron chi connectivity index (χ3n) is 7.36. The second-order valence-electron chi connectivity index (χ2n) is 9.37. The van der Waals surface area contributed by atoms with Crippen molar-refractivity contribution in [1.82, 2.24) is 9.88 Å². The van der Waals surface area contributed by atoms with Crippen LogP contribution in [0.1, 0.15) is 30.9 Å². The number of para-hydroxylation sites is 2. The summed E-state index contributed by atoms with van der Waals surface area (Å²) in [6, 6.07) is 15.9. The monoisotopic (exact) mass is 418 g/mol. The number of nitrogens with one attached hydrogen (secondary N) is 1. The average Bonchev–Trinajstić information content (AvgIpc) is 3.39. The van der Waals surface area contributed by atoms with Crippen LogP contribution in [-0.4, -0.2) is 41.1 Å². The lowest BCUT2D eigenvalue weighted by atomic mass is 9.64. The Morgan fingerprint density at radius 1 is 1.19 bits per heavy atom. The molecule has 1 saturated heterocycles. The number of H-pyrrole nitrogens is 1. The number of hydrogen-bond donors (Lipinski definition) is 2. The van der Waals surface area contributed by atoms with Gasteiger partial charge in [0.05, 0.1) is 19.1 Å². The molecule has 1 aromatic heterocycles. The van der Waals surface area contributed by atoms with Gasteiger partial charge >= 0.3 is 0 Å². The summed E-state index contributed by atoms with van der Waals surface area (Å²) in [4.78, 5) is 18.5. The van der Waals surface area contributed by atoms with E-state index in [-0.39, 0.29) is 11.8 Å². The third-order valence-corrected chi connectivity index (χ3v) is 7.36. The van der Waals surface area contributed by atoms with Gasteiger partial charge in [-0.05, 0) is 42.4 Å². The molecule has 3 aromatic rings. The van der Waals surface area contributed by atoms with Crippen LogP contribution in [0.2, 0.25) is 0 Å². The largest absolute Gasteiger partial charge is 0.496 e. The molecule has 1 saturated carbocycles. The molecule has 1 amide bonds. The molecule has 2 heterocycles. The molecule has 162 valence electrons. The second kappa shape index (κ2) is 7.72. The van der Waals surface area contributed by atoms with Gasteiger partial charge in [-0.3, -0.25) is 4.79 Å². The highest BCUT2D eigenvalue weighted by atomic mass is 16.5. The molecule has 0 spiro atoms. The van der Waals surface area contributed by atoms with Crippen molar-refractivity contribution in [2.75, 3.05) is 20.2 Å². The molecule has 31 heavy (non-hydrogen) atoms.